The van der Waals surface area contributed by atoms with Gasteiger partial charge >= 0.3 is 0 Å². The van der Waals surface area contributed by atoms with E-state index in [-0.39, 0.29) is 36.2 Å². The van der Waals surface area contributed by atoms with E-state index in [2.05, 4.69) is 12.2 Å². The second-order valence-electron chi connectivity index (χ2n) is 7.28. The smallest absolute Gasteiger partial charge is 0.255 e. The summed E-state index contributed by atoms with van der Waals surface area (Å²) >= 11 is 0. The summed E-state index contributed by atoms with van der Waals surface area (Å²) in [7, 11) is 0. The Hall–Kier alpha value is -1.59. The van der Waals surface area contributed by atoms with Gasteiger partial charge < -0.3 is 16.0 Å². The molecule has 0 aromatic heterocycles. The number of likely N-dealkylation sites (tertiary alicyclic amines) is 1. The van der Waals surface area contributed by atoms with Gasteiger partial charge in [-0.15, -0.1) is 12.4 Å². The number of nitrogens with zero attached hydrogens (tertiary/aromatic N) is 1. The SMILES string of the molecule is CC1CCN(C(=O)c2ccccc2NC(=O)C2CCC(N)C2)CC1.Cl. The zero-order valence-corrected chi connectivity index (χ0v) is 15.6. The number of rotatable bonds is 3. The summed E-state index contributed by atoms with van der Waals surface area (Å²) in [4.78, 5) is 27.2. The molecule has 6 heteroatoms. The van der Waals surface area contributed by atoms with Crippen molar-refractivity contribution in [3.05, 3.63) is 29.8 Å². The van der Waals surface area contributed by atoms with Crippen molar-refractivity contribution in [2.24, 2.45) is 17.6 Å². The standard InChI is InChI=1S/C19H27N3O2.ClH/c1-13-8-10-22(11-9-13)19(24)16-4-2-3-5-17(16)21-18(23)14-6-7-15(20)12-14;/h2-5,13-15H,6-12,20H2,1H3,(H,21,23);1H. The lowest BCUT2D eigenvalue weighted by Crippen LogP contribution is -2.38. The summed E-state index contributed by atoms with van der Waals surface area (Å²) in [6, 6.07) is 7.43. The van der Waals surface area contributed by atoms with Gasteiger partial charge in [0.25, 0.3) is 5.91 Å². The van der Waals surface area contributed by atoms with Crippen molar-refractivity contribution in [1.29, 1.82) is 0 Å². The molecule has 2 fully saturated rings. The molecule has 2 unspecified atom stereocenters. The molecule has 1 heterocycles. The van der Waals surface area contributed by atoms with Crippen LogP contribution < -0.4 is 11.1 Å². The second kappa shape index (κ2) is 8.68. The Kier molecular flexibility index (Phi) is 6.85. The molecule has 25 heavy (non-hydrogen) atoms. The average Bonchev–Trinajstić information content (AvgIpc) is 3.02. The number of nitrogens with two attached hydrogens (primary N) is 1. The first-order valence-corrected chi connectivity index (χ1v) is 8.99. The van der Waals surface area contributed by atoms with E-state index in [1.165, 1.54) is 0 Å². The third-order valence-corrected chi connectivity index (χ3v) is 5.33. The number of hydrogen-bond acceptors (Lipinski definition) is 3. The van der Waals surface area contributed by atoms with Gasteiger partial charge in [-0.2, -0.15) is 0 Å². The molecule has 0 bridgehead atoms. The maximum atomic E-state index is 12.8. The van der Waals surface area contributed by atoms with Crippen LogP contribution in [0.2, 0.25) is 0 Å². The summed E-state index contributed by atoms with van der Waals surface area (Å²) in [6.07, 6.45) is 4.53. The summed E-state index contributed by atoms with van der Waals surface area (Å²) in [5, 5.41) is 2.96. The molecule has 1 saturated heterocycles. The van der Waals surface area contributed by atoms with Crippen molar-refractivity contribution >= 4 is 29.9 Å². The van der Waals surface area contributed by atoms with Crippen molar-refractivity contribution in [3.8, 4) is 0 Å². The maximum absolute atomic E-state index is 12.8. The lowest BCUT2D eigenvalue weighted by molar-refractivity contribution is -0.119. The van der Waals surface area contributed by atoms with Crippen LogP contribution in [0.25, 0.3) is 0 Å². The molecular weight excluding hydrogens is 338 g/mol. The third-order valence-electron chi connectivity index (χ3n) is 5.33. The molecule has 2 atom stereocenters. The number of piperidine rings is 1. The highest BCUT2D eigenvalue weighted by atomic mass is 35.5. The van der Waals surface area contributed by atoms with Crippen LogP contribution in [-0.2, 0) is 4.79 Å². The minimum atomic E-state index is -0.0426. The number of nitrogens with one attached hydrogen (secondary N) is 1. The molecule has 1 aliphatic heterocycles. The quantitative estimate of drug-likeness (QED) is 0.864. The second-order valence-corrected chi connectivity index (χ2v) is 7.28. The fourth-order valence-corrected chi connectivity index (χ4v) is 3.65. The summed E-state index contributed by atoms with van der Waals surface area (Å²) < 4.78 is 0. The molecular formula is C19H28ClN3O2. The van der Waals surface area contributed by atoms with E-state index in [0.717, 1.165) is 45.2 Å². The zero-order chi connectivity index (χ0) is 17.1. The van der Waals surface area contributed by atoms with Gasteiger partial charge in [-0.3, -0.25) is 9.59 Å². The molecule has 3 rings (SSSR count). The Morgan fingerprint density at radius 1 is 1.12 bits per heavy atom. The van der Waals surface area contributed by atoms with Gasteiger partial charge in [-0.25, -0.2) is 0 Å². The molecule has 3 N–H and O–H groups in total. The number of carbonyl (C=O) groups excluding carboxylic acids is 2. The van der Waals surface area contributed by atoms with Crippen LogP contribution in [0, 0.1) is 11.8 Å². The van der Waals surface area contributed by atoms with Gasteiger partial charge in [-0.1, -0.05) is 19.1 Å². The normalized spacial score (nSPS) is 23.8. The highest BCUT2D eigenvalue weighted by Gasteiger charge is 2.29. The minimum Gasteiger partial charge on any atom is -0.339 e. The number of halogens is 1. The number of benzene rings is 1. The lowest BCUT2D eigenvalue weighted by atomic mass is 9.98. The van der Waals surface area contributed by atoms with Crippen LogP contribution in [0.1, 0.15) is 49.4 Å². The van der Waals surface area contributed by atoms with E-state index in [1.807, 2.05) is 23.1 Å². The number of carbonyl (C=O) groups is 2. The summed E-state index contributed by atoms with van der Waals surface area (Å²) in [5.74, 6) is 0.631. The lowest BCUT2D eigenvalue weighted by Gasteiger charge is -2.31. The van der Waals surface area contributed by atoms with Crippen molar-refractivity contribution in [2.75, 3.05) is 18.4 Å². The van der Waals surface area contributed by atoms with E-state index in [9.17, 15) is 9.59 Å². The maximum Gasteiger partial charge on any atom is 0.255 e. The molecule has 138 valence electrons. The molecule has 0 radical (unpaired) electrons. The van der Waals surface area contributed by atoms with Crippen molar-refractivity contribution < 1.29 is 9.59 Å². The Bertz CT molecular complexity index is 614. The molecule has 1 aromatic carbocycles. The molecule has 1 aromatic rings. The molecule has 0 spiro atoms. The number of para-hydroxylation sites is 1. The topological polar surface area (TPSA) is 75.4 Å². The van der Waals surface area contributed by atoms with E-state index in [1.54, 1.807) is 6.07 Å². The predicted molar refractivity (Wildman–Crippen MR) is 102 cm³/mol. The van der Waals surface area contributed by atoms with Gasteiger partial charge in [0.1, 0.15) is 0 Å². The first kappa shape index (κ1) is 19.7. The average molecular weight is 366 g/mol. The van der Waals surface area contributed by atoms with Crippen LogP contribution in [0.15, 0.2) is 24.3 Å². The molecule has 2 aliphatic rings. The van der Waals surface area contributed by atoms with Gasteiger partial charge in [0.05, 0.1) is 11.3 Å². The Balaban J connectivity index is 0.00000225. The number of hydrogen-bond donors (Lipinski definition) is 2. The van der Waals surface area contributed by atoms with Crippen LogP contribution in [0.5, 0.6) is 0 Å². The Morgan fingerprint density at radius 2 is 1.80 bits per heavy atom. The number of anilines is 1. The monoisotopic (exact) mass is 365 g/mol. The van der Waals surface area contributed by atoms with E-state index < -0.39 is 0 Å². The fraction of sp³-hybridized carbons (Fsp3) is 0.579. The molecule has 2 amide bonds. The minimum absolute atomic E-state index is 0. The fourth-order valence-electron chi connectivity index (χ4n) is 3.65. The molecule has 1 saturated carbocycles. The first-order valence-electron chi connectivity index (χ1n) is 8.99. The van der Waals surface area contributed by atoms with Gasteiger partial charge in [0, 0.05) is 25.0 Å². The van der Waals surface area contributed by atoms with Crippen molar-refractivity contribution in [2.45, 2.75) is 45.1 Å². The molecule has 5 nitrogen and oxygen atoms in total. The van der Waals surface area contributed by atoms with Crippen molar-refractivity contribution in [3.63, 3.8) is 0 Å². The summed E-state index contributed by atoms with van der Waals surface area (Å²) in [5.41, 5.74) is 7.11. The Morgan fingerprint density at radius 3 is 2.44 bits per heavy atom. The third kappa shape index (κ3) is 4.73. The van der Waals surface area contributed by atoms with Crippen molar-refractivity contribution in [1.82, 2.24) is 4.90 Å². The highest BCUT2D eigenvalue weighted by molar-refractivity contribution is 6.04. The molecule has 1 aliphatic carbocycles. The van der Waals surface area contributed by atoms with E-state index in [4.69, 9.17) is 5.73 Å². The Labute approximate surface area is 155 Å². The highest BCUT2D eigenvalue weighted by Crippen LogP contribution is 2.27. The summed E-state index contributed by atoms with van der Waals surface area (Å²) in [6.45, 7) is 3.81. The van der Waals surface area contributed by atoms with Gasteiger partial charge in [0.15, 0.2) is 0 Å². The van der Waals surface area contributed by atoms with Gasteiger partial charge in [0.2, 0.25) is 5.91 Å². The largest absolute Gasteiger partial charge is 0.339 e. The van der Waals surface area contributed by atoms with Crippen LogP contribution in [0.3, 0.4) is 0 Å². The van der Waals surface area contributed by atoms with E-state index in [0.29, 0.717) is 17.2 Å². The van der Waals surface area contributed by atoms with Crippen LogP contribution >= 0.6 is 12.4 Å². The van der Waals surface area contributed by atoms with Crippen LogP contribution in [-0.4, -0.2) is 35.8 Å². The number of amides is 2. The first-order chi connectivity index (χ1) is 11.5. The van der Waals surface area contributed by atoms with E-state index >= 15 is 0 Å². The zero-order valence-electron chi connectivity index (χ0n) is 14.7. The van der Waals surface area contributed by atoms with Crippen LogP contribution in [0.4, 0.5) is 5.69 Å². The van der Waals surface area contributed by atoms with Gasteiger partial charge in [-0.05, 0) is 50.2 Å². The predicted octanol–water partition coefficient (Wildman–Crippen LogP) is 3.05.